The lowest BCUT2D eigenvalue weighted by molar-refractivity contribution is 0.0278. The van der Waals surface area contributed by atoms with Gasteiger partial charge in [-0.15, -0.1) is 0 Å². The van der Waals surface area contributed by atoms with E-state index in [1.807, 2.05) is 0 Å². The molecule has 270 valence electrons. The van der Waals surface area contributed by atoms with Gasteiger partial charge in [0, 0.05) is 32.3 Å². The van der Waals surface area contributed by atoms with E-state index >= 15 is 0 Å². The average Bonchev–Trinajstić information content (AvgIpc) is 3.47. The van der Waals surface area contributed by atoms with Crippen LogP contribution in [0.2, 0.25) is 10.0 Å². The number of hydrogen-bond donors (Lipinski definition) is 0. The highest BCUT2D eigenvalue weighted by Crippen LogP contribution is 2.32. The second kappa shape index (κ2) is 15.7. The molecular weight excluding hydrogens is 741 g/mol. The number of hydrogen-bond acceptors (Lipinski definition) is 8. The second-order valence-corrected chi connectivity index (χ2v) is 13.3. The zero-order chi connectivity index (χ0) is 38.6. The van der Waals surface area contributed by atoms with E-state index in [4.69, 9.17) is 32.7 Å². The Morgan fingerprint density at radius 1 is 0.455 bits per heavy atom. The van der Waals surface area contributed by atoms with E-state index < -0.39 is 47.5 Å². The number of ether oxygens (including phenoxy) is 2. The molecule has 0 radical (unpaired) electrons. The lowest BCUT2D eigenvalue weighted by atomic mass is 9.99. The van der Waals surface area contributed by atoms with Gasteiger partial charge in [0.25, 0.3) is 11.8 Å². The molecule has 0 aliphatic carbocycles. The molecule has 0 spiro atoms. The first-order valence-electron chi connectivity index (χ1n) is 16.8. The third-order valence-electron chi connectivity index (χ3n) is 8.87. The topological polar surface area (TPSA) is 124 Å². The third-order valence-corrected chi connectivity index (χ3v) is 9.38. The van der Waals surface area contributed by atoms with Gasteiger partial charge >= 0.3 is 11.9 Å². The maximum Gasteiger partial charge on any atom is 0.339 e. The van der Waals surface area contributed by atoms with Gasteiger partial charge in [0.1, 0.15) is 0 Å². The molecule has 1 aliphatic heterocycles. The predicted molar refractivity (Wildman–Crippen MR) is 205 cm³/mol. The number of Topliss-reactive ketones (excluding diaryl/α,β-unsaturated/α-hetero) is 2. The molecule has 0 aromatic heterocycles. The van der Waals surface area contributed by atoms with E-state index in [1.165, 1.54) is 54.6 Å². The molecule has 55 heavy (non-hydrogen) atoms. The number of anilines is 1. The van der Waals surface area contributed by atoms with Crippen molar-refractivity contribution in [3.8, 4) is 0 Å². The number of imide groups is 1. The molecule has 11 heteroatoms. The molecule has 2 amide bonds. The summed E-state index contributed by atoms with van der Waals surface area (Å²) in [6, 6.07) is 38.9. The average molecular weight is 769 g/mol. The van der Waals surface area contributed by atoms with Gasteiger partial charge in [0.2, 0.25) is 11.6 Å². The molecule has 0 fully saturated rings. The Bertz CT molecular complexity index is 2450. The van der Waals surface area contributed by atoms with Crippen molar-refractivity contribution < 1.29 is 38.2 Å². The van der Waals surface area contributed by atoms with Crippen LogP contribution in [0.25, 0.3) is 0 Å². The Hall–Kier alpha value is -6.68. The zero-order valence-corrected chi connectivity index (χ0v) is 30.1. The summed E-state index contributed by atoms with van der Waals surface area (Å²) in [5.41, 5.74) is 1.64. The molecule has 2 atom stereocenters. The molecule has 0 saturated heterocycles. The Morgan fingerprint density at radius 2 is 0.855 bits per heavy atom. The molecule has 0 bridgehead atoms. The van der Waals surface area contributed by atoms with Crippen molar-refractivity contribution in [2.45, 2.75) is 12.2 Å². The van der Waals surface area contributed by atoms with Crippen LogP contribution < -0.4 is 4.90 Å². The van der Waals surface area contributed by atoms with E-state index in [0.717, 1.165) is 4.90 Å². The van der Waals surface area contributed by atoms with Crippen molar-refractivity contribution in [1.82, 2.24) is 0 Å². The molecule has 6 aromatic rings. The van der Waals surface area contributed by atoms with Crippen LogP contribution in [-0.4, -0.2) is 35.3 Å². The molecule has 1 heterocycles. The summed E-state index contributed by atoms with van der Waals surface area (Å²) in [5, 5.41) is 0.882. The van der Waals surface area contributed by atoms with Gasteiger partial charge in [0.05, 0.1) is 27.9 Å². The first kappa shape index (κ1) is 36.7. The first-order chi connectivity index (χ1) is 26.6. The first-order valence-corrected chi connectivity index (χ1v) is 17.6. The summed E-state index contributed by atoms with van der Waals surface area (Å²) >= 11 is 12.0. The number of amides is 2. The van der Waals surface area contributed by atoms with Crippen LogP contribution in [0.4, 0.5) is 5.69 Å². The normalized spacial score (nSPS) is 13.1. The number of carbonyl (C=O) groups is 6. The van der Waals surface area contributed by atoms with Crippen LogP contribution in [0.3, 0.4) is 0 Å². The van der Waals surface area contributed by atoms with Crippen molar-refractivity contribution in [2.24, 2.45) is 0 Å². The molecule has 0 saturated carbocycles. The number of halogens is 2. The predicted octanol–water partition coefficient (Wildman–Crippen LogP) is 9.36. The zero-order valence-electron chi connectivity index (χ0n) is 28.6. The van der Waals surface area contributed by atoms with Crippen molar-refractivity contribution >= 4 is 64.2 Å². The van der Waals surface area contributed by atoms with Crippen LogP contribution in [-0.2, 0) is 9.47 Å². The maximum atomic E-state index is 13.6. The van der Waals surface area contributed by atoms with Gasteiger partial charge in [0.15, 0.2) is 12.2 Å². The van der Waals surface area contributed by atoms with E-state index in [9.17, 15) is 28.8 Å². The summed E-state index contributed by atoms with van der Waals surface area (Å²) < 4.78 is 11.5. The smallest absolute Gasteiger partial charge is 0.339 e. The fourth-order valence-corrected chi connectivity index (χ4v) is 6.28. The van der Waals surface area contributed by atoms with Gasteiger partial charge in [-0.3, -0.25) is 19.2 Å². The van der Waals surface area contributed by atoms with E-state index in [0.29, 0.717) is 26.7 Å². The lowest BCUT2D eigenvalue weighted by Gasteiger charge is -2.18. The molecule has 0 unspecified atom stereocenters. The largest absolute Gasteiger partial charge is 0.445 e. The van der Waals surface area contributed by atoms with Crippen LogP contribution in [0.15, 0.2) is 152 Å². The maximum absolute atomic E-state index is 13.6. The van der Waals surface area contributed by atoms with E-state index in [-0.39, 0.29) is 33.5 Å². The fourth-order valence-electron chi connectivity index (χ4n) is 6.03. The number of fused-ring (bicyclic) bond motifs is 1. The molecule has 0 N–H and O–H groups in total. The number of benzene rings is 6. The Kier molecular flexibility index (Phi) is 10.5. The summed E-state index contributed by atoms with van der Waals surface area (Å²) in [4.78, 5) is 81.9. The quantitative estimate of drug-likeness (QED) is 0.0726. The Labute approximate surface area is 324 Å². The second-order valence-electron chi connectivity index (χ2n) is 12.4. The number of esters is 2. The minimum atomic E-state index is -1.30. The van der Waals surface area contributed by atoms with Crippen molar-refractivity contribution in [2.75, 3.05) is 4.90 Å². The highest BCUT2D eigenvalue weighted by molar-refractivity contribution is 6.35. The molecule has 6 aromatic carbocycles. The van der Waals surface area contributed by atoms with Gasteiger partial charge in [-0.2, -0.15) is 0 Å². The SMILES string of the molecule is O=C(O[C@@H](C(=O)c1ccc(Cl)cc1)c1ccccc1)c1ccc(N2C(=O)c3ccc(C(=O)O[C@@H](C(=O)c4ccc(Cl)cc4)c4ccccc4)cc3C2=O)cc1. The minimum Gasteiger partial charge on any atom is -0.445 e. The third kappa shape index (κ3) is 7.70. The Balaban J connectivity index is 1.08. The fraction of sp³-hybridized carbons (Fsp3) is 0.0455. The van der Waals surface area contributed by atoms with Crippen LogP contribution in [0, 0.1) is 0 Å². The highest BCUT2D eigenvalue weighted by atomic mass is 35.5. The van der Waals surface area contributed by atoms with Gasteiger partial charge in [-0.25, -0.2) is 14.5 Å². The summed E-state index contributed by atoms with van der Waals surface area (Å²) in [6.45, 7) is 0. The summed E-state index contributed by atoms with van der Waals surface area (Å²) in [6.07, 6.45) is -2.56. The number of nitrogens with zero attached hydrogens (tertiary/aromatic N) is 1. The van der Waals surface area contributed by atoms with E-state index in [2.05, 4.69) is 0 Å². The molecule has 1 aliphatic rings. The van der Waals surface area contributed by atoms with Crippen molar-refractivity contribution in [3.05, 3.63) is 206 Å². The van der Waals surface area contributed by atoms with Gasteiger partial charge in [-0.1, -0.05) is 83.9 Å². The minimum absolute atomic E-state index is 0.0466. The summed E-state index contributed by atoms with van der Waals surface area (Å²) in [7, 11) is 0. The van der Waals surface area contributed by atoms with Crippen LogP contribution in [0.5, 0.6) is 0 Å². The number of rotatable bonds is 11. The van der Waals surface area contributed by atoms with Crippen LogP contribution in [0.1, 0.15) is 85.5 Å². The van der Waals surface area contributed by atoms with Gasteiger partial charge in [-0.05, 0) is 91.0 Å². The molecule has 9 nitrogen and oxygen atoms in total. The standard InChI is InChI=1S/C44H27Cl2NO8/c45-32-18-11-26(12-19-32)37(48)39(28-7-3-1-4-8-28)54-43(52)30-15-22-34(23-16-30)47-41(50)35-24-17-31(25-36(35)42(47)51)44(53)55-40(29-9-5-2-6-10-29)38(49)27-13-20-33(46)21-14-27/h1-25,39-40H/t39-,40-/m1/s1. The monoisotopic (exact) mass is 767 g/mol. The summed E-state index contributed by atoms with van der Waals surface area (Å²) in [5.74, 6) is -3.98. The molecule has 7 rings (SSSR count). The number of ketones is 2. The Morgan fingerprint density at radius 3 is 1.33 bits per heavy atom. The van der Waals surface area contributed by atoms with E-state index in [1.54, 1.807) is 97.1 Å². The molecular formula is C44H27Cl2NO8. The lowest BCUT2D eigenvalue weighted by Crippen LogP contribution is -2.29. The van der Waals surface area contributed by atoms with Crippen molar-refractivity contribution in [1.29, 1.82) is 0 Å². The van der Waals surface area contributed by atoms with Gasteiger partial charge < -0.3 is 9.47 Å². The highest BCUT2D eigenvalue weighted by Gasteiger charge is 2.38. The number of carbonyl (C=O) groups excluding carboxylic acids is 6. The van der Waals surface area contributed by atoms with Crippen LogP contribution >= 0.6 is 23.2 Å². The van der Waals surface area contributed by atoms with Crippen molar-refractivity contribution in [3.63, 3.8) is 0 Å².